The van der Waals surface area contributed by atoms with Crippen LogP contribution in [-0.2, 0) is 23.8 Å². The third-order valence-corrected chi connectivity index (χ3v) is 1.88. The van der Waals surface area contributed by atoms with Crippen molar-refractivity contribution in [2.45, 2.75) is 19.3 Å². The standard InChI is InChI=1S/C6H7F3N4.H3O4P/c7-6(8,9)5-12-11-4-3-10-1-2-13(4)5;1-5(2,3)4/h10H,1-3H2;(H3,1,2,3,4). The lowest BCUT2D eigenvalue weighted by Gasteiger charge is -2.16. The molecule has 0 fully saturated rings. The molecule has 0 atom stereocenters. The maximum absolute atomic E-state index is 12.3. The first-order valence-electron chi connectivity index (χ1n) is 4.57. The Hall–Kier alpha value is -1.00. The minimum atomic E-state index is -4.64. The highest BCUT2D eigenvalue weighted by molar-refractivity contribution is 7.45. The zero-order valence-electron chi connectivity index (χ0n) is 8.79. The minimum Gasteiger partial charge on any atom is -0.308 e. The van der Waals surface area contributed by atoms with E-state index in [1.807, 2.05) is 0 Å². The van der Waals surface area contributed by atoms with E-state index in [0.29, 0.717) is 18.9 Å². The summed E-state index contributed by atoms with van der Waals surface area (Å²) in [5.41, 5.74) is 0. The van der Waals surface area contributed by atoms with Crippen LogP contribution in [-0.4, -0.2) is 36.0 Å². The van der Waals surface area contributed by atoms with Gasteiger partial charge in [0.15, 0.2) is 0 Å². The Morgan fingerprint density at radius 1 is 1.28 bits per heavy atom. The fourth-order valence-corrected chi connectivity index (χ4v) is 1.30. The average molecular weight is 290 g/mol. The van der Waals surface area contributed by atoms with E-state index in [1.165, 1.54) is 0 Å². The van der Waals surface area contributed by atoms with E-state index in [9.17, 15) is 13.2 Å². The van der Waals surface area contributed by atoms with Gasteiger partial charge in [0.2, 0.25) is 5.82 Å². The molecule has 0 bridgehead atoms. The van der Waals surface area contributed by atoms with Crippen LogP contribution in [0.25, 0.3) is 0 Å². The summed E-state index contributed by atoms with van der Waals surface area (Å²) in [6.07, 6.45) is -4.40. The van der Waals surface area contributed by atoms with Gasteiger partial charge in [0.25, 0.3) is 0 Å². The van der Waals surface area contributed by atoms with Crippen LogP contribution in [0.5, 0.6) is 0 Å². The maximum Gasteiger partial charge on any atom is 0.466 e. The maximum atomic E-state index is 12.3. The van der Waals surface area contributed by atoms with Crippen molar-refractivity contribution in [2.75, 3.05) is 6.54 Å². The number of rotatable bonds is 0. The van der Waals surface area contributed by atoms with E-state index in [4.69, 9.17) is 19.2 Å². The Morgan fingerprint density at radius 2 is 1.83 bits per heavy atom. The molecule has 1 aromatic rings. The van der Waals surface area contributed by atoms with Crippen molar-refractivity contribution < 1.29 is 32.4 Å². The van der Waals surface area contributed by atoms with Gasteiger partial charge in [-0.15, -0.1) is 10.2 Å². The van der Waals surface area contributed by atoms with Gasteiger partial charge in [-0.25, -0.2) is 4.57 Å². The van der Waals surface area contributed by atoms with Crippen molar-refractivity contribution in [3.8, 4) is 0 Å². The van der Waals surface area contributed by atoms with Gasteiger partial charge in [-0.1, -0.05) is 0 Å². The SMILES string of the molecule is FC(F)(F)c1nnc2n1CCNC2.O=P(O)(O)O. The quantitative estimate of drug-likeness (QED) is 0.474. The minimum absolute atomic E-state index is 0.275. The van der Waals surface area contributed by atoms with E-state index in [1.54, 1.807) is 0 Å². The molecule has 4 N–H and O–H groups in total. The van der Waals surface area contributed by atoms with Crippen molar-refractivity contribution in [3.63, 3.8) is 0 Å². The predicted octanol–water partition coefficient (Wildman–Crippen LogP) is -0.529. The Morgan fingerprint density at radius 3 is 2.33 bits per heavy atom. The molecular weight excluding hydrogens is 280 g/mol. The summed E-state index contributed by atoms with van der Waals surface area (Å²) >= 11 is 0. The Balaban J connectivity index is 0.000000280. The van der Waals surface area contributed by atoms with Crippen LogP contribution in [0.2, 0.25) is 0 Å². The number of phosphoric acid groups is 1. The molecule has 2 rings (SSSR count). The van der Waals surface area contributed by atoms with Crippen LogP contribution in [0.15, 0.2) is 0 Å². The van der Waals surface area contributed by atoms with Crippen molar-refractivity contribution in [1.82, 2.24) is 20.1 Å². The number of nitrogens with one attached hydrogen (secondary N) is 1. The molecule has 0 spiro atoms. The van der Waals surface area contributed by atoms with E-state index >= 15 is 0 Å². The van der Waals surface area contributed by atoms with Gasteiger partial charge >= 0.3 is 14.0 Å². The first-order valence-corrected chi connectivity index (χ1v) is 6.14. The largest absolute Gasteiger partial charge is 0.466 e. The van der Waals surface area contributed by atoms with Gasteiger partial charge in [-0.3, -0.25) is 0 Å². The zero-order chi connectivity index (χ0) is 14.0. The van der Waals surface area contributed by atoms with Crippen LogP contribution < -0.4 is 5.32 Å². The molecule has 104 valence electrons. The van der Waals surface area contributed by atoms with Crippen molar-refractivity contribution in [3.05, 3.63) is 11.6 Å². The molecule has 0 amide bonds. The first-order chi connectivity index (χ1) is 8.09. The number of fused-ring (bicyclic) bond motifs is 1. The monoisotopic (exact) mass is 290 g/mol. The number of halogens is 3. The molecule has 1 aliphatic rings. The summed E-state index contributed by atoms with van der Waals surface area (Å²) < 4.78 is 46.8. The molecule has 2 heterocycles. The van der Waals surface area contributed by atoms with E-state index in [2.05, 4.69) is 15.5 Å². The van der Waals surface area contributed by atoms with Crippen molar-refractivity contribution >= 4 is 7.82 Å². The van der Waals surface area contributed by atoms with Gasteiger partial charge in [-0.05, 0) is 0 Å². The van der Waals surface area contributed by atoms with Gasteiger partial charge in [0.1, 0.15) is 5.82 Å². The fraction of sp³-hybridized carbons (Fsp3) is 0.667. The molecule has 0 saturated carbocycles. The molecule has 8 nitrogen and oxygen atoms in total. The molecule has 0 saturated heterocycles. The van der Waals surface area contributed by atoms with Crippen LogP contribution in [0, 0.1) is 0 Å². The third kappa shape index (κ3) is 4.70. The number of hydrogen-bond acceptors (Lipinski definition) is 4. The summed E-state index contributed by atoms with van der Waals surface area (Å²) in [4.78, 5) is 21.6. The lowest BCUT2D eigenvalue weighted by molar-refractivity contribution is -0.147. The lowest BCUT2D eigenvalue weighted by Crippen LogP contribution is -2.30. The Kier molecular flexibility index (Phi) is 4.46. The number of alkyl halides is 3. The van der Waals surface area contributed by atoms with Crippen LogP contribution in [0.4, 0.5) is 13.2 Å². The van der Waals surface area contributed by atoms with Crippen LogP contribution in [0.1, 0.15) is 11.6 Å². The highest BCUT2D eigenvalue weighted by atomic mass is 31.2. The lowest BCUT2D eigenvalue weighted by atomic mass is 10.4. The highest BCUT2D eigenvalue weighted by Crippen LogP contribution is 2.28. The van der Waals surface area contributed by atoms with Crippen LogP contribution in [0.3, 0.4) is 0 Å². The van der Waals surface area contributed by atoms with Crippen LogP contribution >= 0.6 is 7.82 Å². The molecular formula is C6H10F3N4O4P. The molecule has 1 aromatic heterocycles. The molecule has 12 heteroatoms. The van der Waals surface area contributed by atoms with E-state index in [0.717, 1.165) is 4.57 Å². The summed E-state index contributed by atoms with van der Waals surface area (Å²) in [6.45, 7) is 1.15. The molecule has 1 aliphatic heterocycles. The number of nitrogens with zero attached hydrogens (tertiary/aromatic N) is 3. The zero-order valence-corrected chi connectivity index (χ0v) is 9.69. The second-order valence-electron chi connectivity index (χ2n) is 3.28. The second kappa shape index (κ2) is 5.33. The molecule has 0 aromatic carbocycles. The first kappa shape index (κ1) is 15.1. The highest BCUT2D eigenvalue weighted by Gasteiger charge is 2.38. The third-order valence-electron chi connectivity index (χ3n) is 1.88. The normalized spacial score (nSPS) is 15.7. The number of aromatic nitrogens is 3. The summed E-state index contributed by atoms with van der Waals surface area (Å²) in [5, 5.41) is 9.49. The molecule has 0 radical (unpaired) electrons. The van der Waals surface area contributed by atoms with Crippen molar-refractivity contribution in [2.24, 2.45) is 0 Å². The Labute approximate surface area is 98.7 Å². The van der Waals surface area contributed by atoms with E-state index in [-0.39, 0.29) is 6.54 Å². The summed E-state index contributed by atoms with van der Waals surface area (Å²) in [5.74, 6) is -0.553. The molecule has 0 unspecified atom stereocenters. The topological polar surface area (TPSA) is 121 Å². The molecule has 18 heavy (non-hydrogen) atoms. The average Bonchev–Trinajstić information content (AvgIpc) is 2.57. The van der Waals surface area contributed by atoms with Gasteiger partial charge in [-0.2, -0.15) is 13.2 Å². The molecule has 0 aliphatic carbocycles. The van der Waals surface area contributed by atoms with E-state index < -0.39 is 19.8 Å². The summed E-state index contributed by atoms with van der Waals surface area (Å²) in [7, 11) is -4.64. The second-order valence-corrected chi connectivity index (χ2v) is 4.31. The van der Waals surface area contributed by atoms with Gasteiger partial charge in [0, 0.05) is 13.1 Å². The van der Waals surface area contributed by atoms with Crippen molar-refractivity contribution in [1.29, 1.82) is 0 Å². The fourth-order valence-electron chi connectivity index (χ4n) is 1.30. The number of hydrogen-bond donors (Lipinski definition) is 4. The smallest absolute Gasteiger partial charge is 0.308 e. The predicted molar refractivity (Wildman–Crippen MR) is 51.0 cm³/mol. The van der Waals surface area contributed by atoms with Gasteiger partial charge < -0.3 is 24.6 Å². The van der Waals surface area contributed by atoms with Gasteiger partial charge in [0.05, 0.1) is 6.54 Å². The summed E-state index contributed by atoms with van der Waals surface area (Å²) in [6, 6.07) is 0. The Bertz CT molecular complexity index is 448.